The van der Waals surface area contributed by atoms with Crippen LogP contribution in [0.3, 0.4) is 0 Å². The van der Waals surface area contributed by atoms with Gasteiger partial charge in [-0.2, -0.15) is 0 Å². The Balaban J connectivity index is 2.02. The zero-order valence-corrected chi connectivity index (χ0v) is 17.8. The van der Waals surface area contributed by atoms with Crippen molar-refractivity contribution < 1.29 is 22.9 Å². The highest BCUT2D eigenvalue weighted by Crippen LogP contribution is 2.20. The predicted molar refractivity (Wildman–Crippen MR) is 114 cm³/mol. The van der Waals surface area contributed by atoms with E-state index in [1.165, 1.54) is 6.07 Å². The van der Waals surface area contributed by atoms with Gasteiger partial charge in [0.25, 0.3) is 11.8 Å². The molecule has 156 valence electrons. The van der Waals surface area contributed by atoms with Gasteiger partial charge in [0.1, 0.15) is 0 Å². The van der Waals surface area contributed by atoms with Gasteiger partial charge in [-0.3, -0.25) is 9.59 Å². The number of carbonyl (C=O) groups excluding carboxylic acids is 2. The minimum Gasteiger partial charge on any atom is -0.321 e. The number of para-hydroxylation sites is 2. The molecule has 2 rings (SSSR count). The summed E-state index contributed by atoms with van der Waals surface area (Å²) in [5, 5.41) is 5.55. The first kappa shape index (κ1) is 22.6. The van der Waals surface area contributed by atoms with Crippen LogP contribution >= 0.6 is 0 Å². The SMILES string of the molecule is CCC[NH+](CC(=O)Nc1ccccc1C)CC(=O)Nc1ccccc1S(C)(=O)=O. The van der Waals surface area contributed by atoms with Crippen molar-refractivity contribution in [1.29, 1.82) is 0 Å². The lowest BCUT2D eigenvalue weighted by Gasteiger charge is -2.19. The van der Waals surface area contributed by atoms with Crippen molar-refractivity contribution in [2.45, 2.75) is 25.2 Å². The molecule has 0 aliphatic heterocycles. The summed E-state index contributed by atoms with van der Waals surface area (Å²) in [5.41, 5.74) is 1.97. The van der Waals surface area contributed by atoms with E-state index in [4.69, 9.17) is 0 Å². The molecule has 2 aromatic carbocycles. The molecule has 0 bridgehead atoms. The van der Waals surface area contributed by atoms with Gasteiger partial charge in [-0.15, -0.1) is 0 Å². The fraction of sp³-hybridized carbons (Fsp3) is 0.333. The van der Waals surface area contributed by atoms with E-state index in [1.807, 2.05) is 38.1 Å². The fourth-order valence-corrected chi connectivity index (χ4v) is 3.89. The van der Waals surface area contributed by atoms with E-state index in [0.29, 0.717) is 6.54 Å². The second-order valence-corrected chi connectivity index (χ2v) is 9.02. The molecule has 1 unspecified atom stereocenters. The van der Waals surface area contributed by atoms with Crippen LogP contribution in [0, 0.1) is 6.92 Å². The summed E-state index contributed by atoms with van der Waals surface area (Å²) in [6.07, 6.45) is 1.91. The number of amides is 2. The van der Waals surface area contributed by atoms with Crippen molar-refractivity contribution in [3.63, 3.8) is 0 Å². The van der Waals surface area contributed by atoms with Gasteiger partial charge < -0.3 is 15.5 Å². The van der Waals surface area contributed by atoms with Gasteiger partial charge in [-0.05, 0) is 37.1 Å². The van der Waals surface area contributed by atoms with E-state index in [9.17, 15) is 18.0 Å². The first-order valence-electron chi connectivity index (χ1n) is 9.48. The molecule has 0 aliphatic rings. The lowest BCUT2D eigenvalue weighted by molar-refractivity contribution is -0.883. The van der Waals surface area contributed by atoms with E-state index >= 15 is 0 Å². The molecule has 29 heavy (non-hydrogen) atoms. The van der Waals surface area contributed by atoms with Crippen LogP contribution in [-0.2, 0) is 19.4 Å². The number of anilines is 2. The molecule has 0 heterocycles. The van der Waals surface area contributed by atoms with Crippen molar-refractivity contribution in [3.8, 4) is 0 Å². The Hall–Kier alpha value is -2.71. The van der Waals surface area contributed by atoms with E-state index in [1.54, 1.807) is 18.2 Å². The Labute approximate surface area is 172 Å². The average Bonchev–Trinajstić information content (AvgIpc) is 2.63. The van der Waals surface area contributed by atoms with Gasteiger partial charge in [0.15, 0.2) is 22.9 Å². The minimum atomic E-state index is -3.46. The smallest absolute Gasteiger partial charge is 0.279 e. The van der Waals surface area contributed by atoms with Gasteiger partial charge >= 0.3 is 0 Å². The monoisotopic (exact) mass is 418 g/mol. The van der Waals surface area contributed by atoms with Gasteiger partial charge in [-0.25, -0.2) is 8.42 Å². The lowest BCUT2D eigenvalue weighted by Crippen LogP contribution is -3.14. The molecule has 2 amide bonds. The van der Waals surface area contributed by atoms with Gasteiger partial charge in [0, 0.05) is 11.9 Å². The molecule has 7 nitrogen and oxygen atoms in total. The van der Waals surface area contributed by atoms with Crippen molar-refractivity contribution in [1.82, 2.24) is 0 Å². The molecule has 0 spiro atoms. The topological polar surface area (TPSA) is 96.8 Å². The van der Waals surface area contributed by atoms with Crippen LogP contribution in [0.2, 0.25) is 0 Å². The molecule has 3 N–H and O–H groups in total. The van der Waals surface area contributed by atoms with E-state index in [2.05, 4.69) is 10.6 Å². The molecule has 1 atom stereocenters. The van der Waals surface area contributed by atoms with Crippen LogP contribution in [0.4, 0.5) is 11.4 Å². The van der Waals surface area contributed by atoms with Crippen LogP contribution < -0.4 is 15.5 Å². The maximum atomic E-state index is 12.5. The second-order valence-electron chi connectivity index (χ2n) is 7.03. The molecular weight excluding hydrogens is 390 g/mol. The Morgan fingerprint density at radius 2 is 1.41 bits per heavy atom. The summed E-state index contributed by atoms with van der Waals surface area (Å²) in [7, 11) is -3.46. The van der Waals surface area contributed by atoms with Crippen molar-refractivity contribution in [3.05, 3.63) is 54.1 Å². The number of sulfone groups is 1. The van der Waals surface area contributed by atoms with Crippen LogP contribution in [0.5, 0.6) is 0 Å². The normalized spacial score (nSPS) is 12.2. The predicted octanol–water partition coefficient (Wildman–Crippen LogP) is 1.27. The van der Waals surface area contributed by atoms with Crippen LogP contribution in [-0.4, -0.2) is 46.1 Å². The molecule has 8 heteroatoms. The van der Waals surface area contributed by atoms with Crippen molar-refractivity contribution in [2.24, 2.45) is 0 Å². The second kappa shape index (κ2) is 10.2. The number of hydrogen-bond acceptors (Lipinski definition) is 4. The summed E-state index contributed by atoms with van der Waals surface area (Å²) in [6.45, 7) is 4.74. The van der Waals surface area contributed by atoms with E-state index in [0.717, 1.165) is 28.8 Å². The minimum absolute atomic E-state index is 0.0626. The van der Waals surface area contributed by atoms with Crippen LogP contribution in [0.1, 0.15) is 18.9 Å². The lowest BCUT2D eigenvalue weighted by atomic mass is 10.2. The first-order valence-corrected chi connectivity index (χ1v) is 11.4. The molecule has 2 aromatic rings. The number of nitrogens with one attached hydrogen (secondary N) is 3. The Kier molecular flexibility index (Phi) is 7.92. The largest absolute Gasteiger partial charge is 0.321 e. The molecule has 0 aromatic heterocycles. The molecule has 0 aliphatic carbocycles. The van der Waals surface area contributed by atoms with Gasteiger partial charge in [-0.1, -0.05) is 37.3 Å². The van der Waals surface area contributed by atoms with Crippen molar-refractivity contribution >= 4 is 33.0 Å². The van der Waals surface area contributed by atoms with Crippen LogP contribution in [0.25, 0.3) is 0 Å². The summed E-state index contributed by atoms with van der Waals surface area (Å²) in [5.74, 6) is -0.514. The van der Waals surface area contributed by atoms with Gasteiger partial charge in [0.05, 0.1) is 17.1 Å². The number of carbonyl (C=O) groups is 2. The Morgan fingerprint density at radius 3 is 1.97 bits per heavy atom. The number of aryl methyl sites for hydroxylation is 1. The first-order chi connectivity index (χ1) is 13.7. The summed E-state index contributed by atoms with van der Waals surface area (Å²) in [6, 6.07) is 13.8. The third-order valence-electron chi connectivity index (χ3n) is 4.40. The third-order valence-corrected chi connectivity index (χ3v) is 5.56. The average molecular weight is 419 g/mol. The van der Waals surface area contributed by atoms with Crippen molar-refractivity contribution in [2.75, 3.05) is 36.5 Å². The zero-order chi connectivity index (χ0) is 21.4. The third kappa shape index (κ3) is 6.99. The van der Waals surface area contributed by atoms with Gasteiger partial charge in [0.2, 0.25) is 0 Å². The highest BCUT2D eigenvalue weighted by molar-refractivity contribution is 7.90. The number of benzene rings is 2. The Morgan fingerprint density at radius 1 is 0.897 bits per heavy atom. The highest BCUT2D eigenvalue weighted by Gasteiger charge is 2.20. The maximum Gasteiger partial charge on any atom is 0.279 e. The van der Waals surface area contributed by atoms with Crippen LogP contribution in [0.15, 0.2) is 53.4 Å². The van der Waals surface area contributed by atoms with E-state index < -0.39 is 9.84 Å². The summed E-state index contributed by atoms with van der Waals surface area (Å²) in [4.78, 5) is 25.8. The number of rotatable bonds is 9. The van der Waals surface area contributed by atoms with E-state index in [-0.39, 0.29) is 35.5 Å². The Bertz CT molecular complexity index is 973. The molecule has 0 fully saturated rings. The molecule has 0 saturated heterocycles. The zero-order valence-electron chi connectivity index (χ0n) is 17.0. The maximum absolute atomic E-state index is 12.5. The quantitative estimate of drug-likeness (QED) is 0.571. The summed E-state index contributed by atoms with van der Waals surface area (Å²) >= 11 is 0. The highest BCUT2D eigenvalue weighted by atomic mass is 32.2. The number of hydrogen-bond donors (Lipinski definition) is 3. The number of quaternary nitrogens is 1. The molecule has 0 saturated carbocycles. The standard InChI is InChI=1S/C21H27N3O4S/c1-4-13-24(14-20(25)22-17-10-6-5-9-16(17)2)15-21(26)23-18-11-7-8-12-19(18)29(3,27)28/h5-12H,4,13-15H2,1-3H3,(H,22,25)(H,23,26)/p+1. The molecule has 0 radical (unpaired) electrons. The summed E-state index contributed by atoms with van der Waals surface area (Å²) < 4.78 is 23.8. The fourth-order valence-electron chi connectivity index (χ4n) is 3.04. The molecular formula is C21H28N3O4S+.